The SMILES string of the molecule is Cc1cccc(OCc2nc(CCN(C)C(=O)c3c(F)cccc3F)no2)c1. The van der Waals surface area contributed by atoms with Gasteiger partial charge in [-0.1, -0.05) is 23.4 Å². The Kier molecular flexibility index (Phi) is 5.98. The highest BCUT2D eigenvalue weighted by Crippen LogP contribution is 2.15. The summed E-state index contributed by atoms with van der Waals surface area (Å²) in [7, 11) is 1.45. The molecule has 6 nitrogen and oxygen atoms in total. The average molecular weight is 387 g/mol. The lowest BCUT2D eigenvalue weighted by Crippen LogP contribution is -2.30. The van der Waals surface area contributed by atoms with Gasteiger partial charge in [0.05, 0.1) is 0 Å². The molecule has 146 valence electrons. The second kappa shape index (κ2) is 8.60. The van der Waals surface area contributed by atoms with E-state index in [0.29, 0.717) is 17.5 Å². The lowest BCUT2D eigenvalue weighted by atomic mass is 10.1. The van der Waals surface area contributed by atoms with Gasteiger partial charge in [0, 0.05) is 20.0 Å². The summed E-state index contributed by atoms with van der Waals surface area (Å²) in [5.41, 5.74) is 0.494. The Bertz CT molecular complexity index is 955. The van der Waals surface area contributed by atoms with Gasteiger partial charge in [0.15, 0.2) is 12.4 Å². The third-order valence-electron chi connectivity index (χ3n) is 4.06. The van der Waals surface area contributed by atoms with Crippen LogP contribution in [0.3, 0.4) is 0 Å². The van der Waals surface area contributed by atoms with Gasteiger partial charge in [-0.15, -0.1) is 0 Å². The van der Waals surface area contributed by atoms with E-state index in [4.69, 9.17) is 9.26 Å². The number of hydrogen-bond donors (Lipinski definition) is 0. The first-order valence-electron chi connectivity index (χ1n) is 8.64. The molecule has 0 fully saturated rings. The highest BCUT2D eigenvalue weighted by molar-refractivity contribution is 5.94. The van der Waals surface area contributed by atoms with Crippen molar-refractivity contribution in [1.29, 1.82) is 0 Å². The Morgan fingerprint density at radius 1 is 1.18 bits per heavy atom. The molecule has 0 atom stereocenters. The summed E-state index contributed by atoms with van der Waals surface area (Å²) in [6.07, 6.45) is 0.270. The third-order valence-corrected chi connectivity index (χ3v) is 4.06. The molecule has 0 saturated carbocycles. The van der Waals surface area contributed by atoms with Gasteiger partial charge < -0.3 is 14.2 Å². The van der Waals surface area contributed by atoms with E-state index in [9.17, 15) is 13.6 Å². The number of amides is 1. The average Bonchev–Trinajstić information content (AvgIpc) is 3.12. The van der Waals surface area contributed by atoms with Crippen LogP contribution in [0.25, 0.3) is 0 Å². The van der Waals surface area contributed by atoms with E-state index in [-0.39, 0.29) is 19.6 Å². The molecule has 0 aliphatic heterocycles. The van der Waals surface area contributed by atoms with Crippen molar-refractivity contribution in [2.45, 2.75) is 20.0 Å². The fraction of sp³-hybridized carbons (Fsp3) is 0.250. The van der Waals surface area contributed by atoms with Crippen molar-refractivity contribution < 1.29 is 22.8 Å². The molecule has 1 aromatic heterocycles. The predicted octanol–water partition coefficient (Wildman–Crippen LogP) is 3.55. The topological polar surface area (TPSA) is 68.5 Å². The molecule has 0 saturated heterocycles. The summed E-state index contributed by atoms with van der Waals surface area (Å²) in [5, 5.41) is 3.83. The monoisotopic (exact) mass is 387 g/mol. The predicted molar refractivity (Wildman–Crippen MR) is 96.8 cm³/mol. The molecule has 28 heavy (non-hydrogen) atoms. The van der Waals surface area contributed by atoms with Crippen LogP contribution in [0.15, 0.2) is 47.0 Å². The largest absolute Gasteiger partial charge is 0.484 e. The molecule has 0 aliphatic rings. The van der Waals surface area contributed by atoms with Crippen LogP contribution in [0.4, 0.5) is 8.78 Å². The molecular formula is C20H19F2N3O3. The van der Waals surface area contributed by atoms with Crippen molar-refractivity contribution in [3.8, 4) is 5.75 Å². The number of halogens is 2. The minimum absolute atomic E-state index is 0.117. The molecule has 0 aliphatic carbocycles. The summed E-state index contributed by atoms with van der Waals surface area (Å²) in [5.74, 6) is -1.18. The minimum Gasteiger partial charge on any atom is -0.484 e. The van der Waals surface area contributed by atoms with Crippen LogP contribution >= 0.6 is 0 Å². The van der Waals surface area contributed by atoms with Gasteiger partial charge in [0.2, 0.25) is 0 Å². The van der Waals surface area contributed by atoms with Crippen LogP contribution in [-0.2, 0) is 13.0 Å². The van der Waals surface area contributed by atoms with Gasteiger partial charge in [-0.25, -0.2) is 8.78 Å². The summed E-state index contributed by atoms with van der Waals surface area (Å²) in [4.78, 5) is 17.7. The van der Waals surface area contributed by atoms with Crippen molar-refractivity contribution in [1.82, 2.24) is 15.0 Å². The van der Waals surface area contributed by atoms with Crippen molar-refractivity contribution in [3.63, 3.8) is 0 Å². The summed E-state index contributed by atoms with van der Waals surface area (Å²) >= 11 is 0. The Hall–Kier alpha value is -3.29. The second-order valence-corrected chi connectivity index (χ2v) is 6.28. The smallest absolute Gasteiger partial charge is 0.264 e. The van der Waals surface area contributed by atoms with E-state index < -0.39 is 23.1 Å². The molecule has 0 N–H and O–H groups in total. The van der Waals surface area contributed by atoms with E-state index in [1.807, 2.05) is 31.2 Å². The first-order chi connectivity index (χ1) is 13.4. The summed E-state index contributed by atoms with van der Waals surface area (Å²) < 4.78 is 38.2. The lowest BCUT2D eigenvalue weighted by Gasteiger charge is -2.16. The van der Waals surface area contributed by atoms with Gasteiger partial charge in [-0.3, -0.25) is 4.79 Å². The number of nitrogens with zero attached hydrogens (tertiary/aromatic N) is 3. The van der Waals surface area contributed by atoms with E-state index in [0.717, 1.165) is 17.7 Å². The molecule has 0 spiro atoms. The van der Waals surface area contributed by atoms with Crippen LogP contribution in [0.2, 0.25) is 0 Å². The highest BCUT2D eigenvalue weighted by atomic mass is 19.1. The maximum Gasteiger partial charge on any atom is 0.264 e. The fourth-order valence-electron chi connectivity index (χ4n) is 2.56. The number of carbonyl (C=O) groups is 1. The molecule has 3 aromatic rings. The molecular weight excluding hydrogens is 368 g/mol. The number of hydrogen-bond acceptors (Lipinski definition) is 5. The first-order valence-corrected chi connectivity index (χ1v) is 8.64. The quantitative estimate of drug-likeness (QED) is 0.620. The molecule has 0 radical (unpaired) electrons. The standard InChI is InChI=1S/C20H19F2N3O3/c1-13-5-3-6-14(11-13)27-12-18-23-17(24-28-18)9-10-25(2)20(26)19-15(21)7-4-8-16(19)22/h3-8,11H,9-10,12H2,1-2H3. The number of rotatable bonds is 7. The Morgan fingerprint density at radius 2 is 1.89 bits per heavy atom. The van der Waals surface area contributed by atoms with Crippen LogP contribution in [0.5, 0.6) is 5.75 Å². The molecule has 1 amide bonds. The third kappa shape index (κ3) is 4.70. The Balaban J connectivity index is 1.54. The van der Waals surface area contributed by atoms with Crippen molar-refractivity contribution in [2.24, 2.45) is 0 Å². The molecule has 3 rings (SSSR count). The van der Waals surface area contributed by atoms with E-state index in [1.165, 1.54) is 18.0 Å². The first kappa shape index (κ1) is 19.5. The van der Waals surface area contributed by atoms with Crippen molar-refractivity contribution >= 4 is 5.91 Å². The Labute approximate surface area is 160 Å². The van der Waals surface area contributed by atoms with Crippen molar-refractivity contribution in [3.05, 3.63) is 76.9 Å². The van der Waals surface area contributed by atoms with Gasteiger partial charge in [0.25, 0.3) is 11.8 Å². The second-order valence-electron chi connectivity index (χ2n) is 6.28. The number of benzene rings is 2. The van der Waals surface area contributed by atoms with Crippen molar-refractivity contribution in [2.75, 3.05) is 13.6 Å². The molecule has 2 aromatic carbocycles. The highest BCUT2D eigenvalue weighted by Gasteiger charge is 2.21. The maximum atomic E-state index is 13.7. The molecule has 1 heterocycles. The zero-order valence-electron chi connectivity index (χ0n) is 15.5. The normalized spacial score (nSPS) is 10.7. The fourth-order valence-corrected chi connectivity index (χ4v) is 2.56. The van der Waals surface area contributed by atoms with Gasteiger partial charge in [-0.2, -0.15) is 4.98 Å². The van der Waals surface area contributed by atoms with Crippen LogP contribution in [0, 0.1) is 18.6 Å². The number of ether oxygens (including phenoxy) is 1. The van der Waals surface area contributed by atoms with Gasteiger partial charge in [0.1, 0.15) is 22.9 Å². The minimum atomic E-state index is -0.896. The summed E-state index contributed by atoms with van der Waals surface area (Å²) in [6, 6.07) is 10.9. The molecule has 0 unspecified atom stereocenters. The van der Waals surface area contributed by atoms with Crippen LogP contribution in [0.1, 0.15) is 27.6 Å². The van der Waals surface area contributed by atoms with Crippen LogP contribution < -0.4 is 4.74 Å². The molecule has 0 bridgehead atoms. The zero-order valence-corrected chi connectivity index (χ0v) is 15.5. The number of aromatic nitrogens is 2. The number of aryl methyl sites for hydroxylation is 1. The summed E-state index contributed by atoms with van der Waals surface area (Å²) in [6.45, 7) is 2.25. The van der Waals surface area contributed by atoms with E-state index in [2.05, 4.69) is 10.1 Å². The number of carbonyl (C=O) groups excluding carboxylic acids is 1. The van der Waals surface area contributed by atoms with Crippen LogP contribution in [-0.4, -0.2) is 34.5 Å². The van der Waals surface area contributed by atoms with E-state index in [1.54, 1.807) is 0 Å². The van der Waals surface area contributed by atoms with Gasteiger partial charge in [-0.05, 0) is 36.8 Å². The maximum absolute atomic E-state index is 13.7. The zero-order chi connectivity index (χ0) is 20.1. The number of likely N-dealkylation sites (N-methyl/N-ethyl adjacent to an activating group) is 1. The Morgan fingerprint density at radius 3 is 2.61 bits per heavy atom. The molecule has 8 heteroatoms. The lowest BCUT2D eigenvalue weighted by molar-refractivity contribution is 0.0786. The van der Waals surface area contributed by atoms with Gasteiger partial charge >= 0.3 is 0 Å². The van der Waals surface area contributed by atoms with E-state index >= 15 is 0 Å².